The highest BCUT2D eigenvalue weighted by Gasteiger charge is 2.29. The molecule has 3 rings (SSSR count). The highest BCUT2D eigenvalue weighted by molar-refractivity contribution is 5.77. The van der Waals surface area contributed by atoms with Crippen LogP contribution in [0.1, 0.15) is 24.5 Å². The Morgan fingerprint density at radius 1 is 1.15 bits per heavy atom. The largest absolute Gasteiger partial charge is 0.497 e. The van der Waals surface area contributed by atoms with Gasteiger partial charge in [0.05, 0.1) is 25.9 Å². The molecule has 0 spiro atoms. The fourth-order valence-corrected chi connectivity index (χ4v) is 3.39. The van der Waals surface area contributed by atoms with Crippen molar-refractivity contribution in [3.63, 3.8) is 0 Å². The van der Waals surface area contributed by atoms with Crippen LogP contribution in [0.25, 0.3) is 0 Å². The lowest BCUT2D eigenvalue weighted by atomic mass is 10.0. The van der Waals surface area contributed by atoms with Crippen molar-refractivity contribution in [2.45, 2.75) is 38.3 Å². The molecule has 138 valence electrons. The van der Waals surface area contributed by atoms with Crippen LogP contribution in [0.4, 0.5) is 0 Å². The first-order chi connectivity index (χ1) is 12.7. The molecule has 26 heavy (non-hydrogen) atoms. The summed E-state index contributed by atoms with van der Waals surface area (Å²) >= 11 is 0. The minimum Gasteiger partial charge on any atom is -0.497 e. The van der Waals surface area contributed by atoms with Gasteiger partial charge < -0.3 is 14.4 Å². The van der Waals surface area contributed by atoms with Gasteiger partial charge in [-0.25, -0.2) is 0 Å². The average molecular weight is 353 g/mol. The third-order valence-electron chi connectivity index (χ3n) is 4.89. The zero-order valence-electron chi connectivity index (χ0n) is 15.6. The van der Waals surface area contributed by atoms with E-state index < -0.39 is 0 Å². The van der Waals surface area contributed by atoms with Gasteiger partial charge in [0.25, 0.3) is 0 Å². The number of methoxy groups -OCH3 is 1. The van der Waals surface area contributed by atoms with Gasteiger partial charge in [0.1, 0.15) is 5.75 Å². The molecule has 0 aromatic heterocycles. The lowest BCUT2D eigenvalue weighted by Crippen LogP contribution is -2.51. The molecule has 2 atom stereocenters. The number of carbonyl (C=O) groups excluding carboxylic acids is 1. The van der Waals surface area contributed by atoms with Crippen LogP contribution in [0.15, 0.2) is 54.6 Å². The van der Waals surface area contributed by atoms with E-state index in [9.17, 15) is 4.79 Å². The molecule has 2 aromatic rings. The predicted molar refractivity (Wildman–Crippen MR) is 102 cm³/mol. The fourth-order valence-electron chi connectivity index (χ4n) is 3.39. The quantitative estimate of drug-likeness (QED) is 0.798. The molecule has 2 aromatic carbocycles. The fraction of sp³-hybridized carbons (Fsp3) is 0.409. The minimum atomic E-state index is 0.0642. The zero-order chi connectivity index (χ0) is 18.4. The van der Waals surface area contributed by atoms with E-state index in [4.69, 9.17) is 9.47 Å². The molecule has 1 fully saturated rings. The number of carbonyl (C=O) groups is 1. The Hall–Kier alpha value is -2.33. The molecular formula is C22H27NO3. The Morgan fingerprint density at radius 2 is 1.92 bits per heavy atom. The molecule has 0 saturated carbocycles. The Balaban J connectivity index is 1.56. The van der Waals surface area contributed by atoms with Gasteiger partial charge in [-0.2, -0.15) is 0 Å². The summed E-state index contributed by atoms with van der Waals surface area (Å²) in [5.74, 6) is 1.03. The second-order valence-corrected chi connectivity index (χ2v) is 6.89. The highest BCUT2D eigenvalue weighted by Crippen LogP contribution is 2.19. The topological polar surface area (TPSA) is 38.8 Å². The molecule has 0 aliphatic carbocycles. The number of nitrogens with zero attached hydrogens (tertiary/aromatic N) is 1. The van der Waals surface area contributed by atoms with Crippen molar-refractivity contribution in [2.24, 2.45) is 0 Å². The summed E-state index contributed by atoms with van der Waals surface area (Å²) in [7, 11) is 1.66. The van der Waals surface area contributed by atoms with Crippen LogP contribution in [0.2, 0.25) is 0 Å². The lowest BCUT2D eigenvalue weighted by Gasteiger charge is -2.38. The molecule has 1 aliphatic rings. The van der Waals surface area contributed by atoms with Crippen molar-refractivity contribution in [2.75, 3.05) is 20.3 Å². The SMILES string of the molecule is COc1cccc(CCC(=O)N2CC(Cc3ccccc3)OCC2C)c1. The highest BCUT2D eigenvalue weighted by atomic mass is 16.5. The van der Waals surface area contributed by atoms with E-state index in [1.807, 2.05) is 47.4 Å². The van der Waals surface area contributed by atoms with Gasteiger partial charge >= 0.3 is 0 Å². The molecule has 1 aliphatic heterocycles. The molecule has 0 radical (unpaired) electrons. The van der Waals surface area contributed by atoms with Gasteiger partial charge in [-0.1, -0.05) is 42.5 Å². The molecule has 1 amide bonds. The molecular weight excluding hydrogens is 326 g/mol. The van der Waals surface area contributed by atoms with Crippen molar-refractivity contribution in [1.29, 1.82) is 0 Å². The molecule has 0 N–H and O–H groups in total. The first kappa shape index (κ1) is 18.5. The number of morpholine rings is 1. The van der Waals surface area contributed by atoms with Crippen molar-refractivity contribution < 1.29 is 14.3 Å². The average Bonchev–Trinajstić information content (AvgIpc) is 2.68. The van der Waals surface area contributed by atoms with Crippen LogP contribution in [0.5, 0.6) is 5.75 Å². The summed E-state index contributed by atoms with van der Waals surface area (Å²) in [4.78, 5) is 14.8. The molecule has 4 nitrogen and oxygen atoms in total. The van der Waals surface area contributed by atoms with Crippen molar-refractivity contribution >= 4 is 5.91 Å². The molecule has 2 unspecified atom stereocenters. The van der Waals surface area contributed by atoms with Gasteiger partial charge in [-0.15, -0.1) is 0 Å². The maximum absolute atomic E-state index is 12.8. The minimum absolute atomic E-state index is 0.0642. The van der Waals surface area contributed by atoms with Gasteiger partial charge in [0, 0.05) is 19.4 Å². The Morgan fingerprint density at radius 3 is 2.69 bits per heavy atom. The summed E-state index contributed by atoms with van der Waals surface area (Å²) < 4.78 is 11.2. The first-order valence-corrected chi connectivity index (χ1v) is 9.23. The van der Waals surface area contributed by atoms with Crippen molar-refractivity contribution in [3.8, 4) is 5.75 Å². The summed E-state index contributed by atoms with van der Waals surface area (Å²) in [5, 5.41) is 0. The van der Waals surface area contributed by atoms with Crippen LogP contribution < -0.4 is 4.74 Å². The number of amides is 1. The van der Waals surface area contributed by atoms with Crippen LogP contribution in [0, 0.1) is 0 Å². The number of rotatable bonds is 6. The van der Waals surface area contributed by atoms with E-state index >= 15 is 0 Å². The third-order valence-corrected chi connectivity index (χ3v) is 4.89. The van der Waals surface area contributed by atoms with E-state index in [0.29, 0.717) is 19.6 Å². The number of aryl methyl sites for hydroxylation is 1. The summed E-state index contributed by atoms with van der Waals surface area (Å²) in [6, 6.07) is 18.4. The standard InChI is InChI=1S/C22H27NO3/c1-17-16-26-21(14-18-7-4-3-5-8-18)15-23(17)22(24)12-11-19-9-6-10-20(13-19)25-2/h3-10,13,17,21H,11-12,14-16H2,1-2H3. The number of ether oxygens (including phenoxy) is 2. The smallest absolute Gasteiger partial charge is 0.223 e. The van der Waals surface area contributed by atoms with Crippen molar-refractivity contribution in [3.05, 3.63) is 65.7 Å². The number of hydrogen-bond acceptors (Lipinski definition) is 3. The Labute approximate surface area is 155 Å². The maximum atomic E-state index is 12.8. The monoisotopic (exact) mass is 353 g/mol. The maximum Gasteiger partial charge on any atom is 0.223 e. The molecule has 4 heteroatoms. The first-order valence-electron chi connectivity index (χ1n) is 9.23. The van der Waals surface area contributed by atoms with Crippen LogP contribution in [-0.4, -0.2) is 43.2 Å². The summed E-state index contributed by atoms with van der Waals surface area (Å²) in [5.41, 5.74) is 2.37. The zero-order valence-corrected chi connectivity index (χ0v) is 15.6. The second kappa shape index (κ2) is 8.86. The molecule has 1 saturated heterocycles. The Kier molecular flexibility index (Phi) is 6.29. The van der Waals surface area contributed by atoms with Gasteiger partial charge in [-0.05, 0) is 36.6 Å². The number of hydrogen-bond donors (Lipinski definition) is 0. The van der Waals surface area contributed by atoms with E-state index in [1.165, 1.54) is 5.56 Å². The predicted octanol–water partition coefficient (Wildman–Crippen LogP) is 3.49. The van der Waals surface area contributed by atoms with Crippen LogP contribution in [-0.2, 0) is 22.4 Å². The van der Waals surface area contributed by atoms with Gasteiger partial charge in [-0.3, -0.25) is 4.79 Å². The van der Waals surface area contributed by atoms with Crippen molar-refractivity contribution in [1.82, 2.24) is 4.90 Å². The normalized spacial score (nSPS) is 20.0. The Bertz CT molecular complexity index is 716. The second-order valence-electron chi connectivity index (χ2n) is 6.89. The van der Waals surface area contributed by atoms with Crippen LogP contribution in [0.3, 0.4) is 0 Å². The van der Waals surface area contributed by atoms with Gasteiger partial charge in [0.15, 0.2) is 0 Å². The molecule has 0 bridgehead atoms. The van der Waals surface area contributed by atoms with E-state index in [-0.39, 0.29) is 18.1 Å². The van der Waals surface area contributed by atoms with E-state index in [2.05, 4.69) is 19.1 Å². The van der Waals surface area contributed by atoms with Gasteiger partial charge in [0.2, 0.25) is 5.91 Å². The lowest BCUT2D eigenvalue weighted by molar-refractivity contribution is -0.144. The molecule has 1 heterocycles. The van der Waals surface area contributed by atoms with E-state index in [1.54, 1.807) is 7.11 Å². The third kappa shape index (κ3) is 4.85. The van der Waals surface area contributed by atoms with Crippen LogP contribution >= 0.6 is 0 Å². The van der Waals surface area contributed by atoms with E-state index in [0.717, 1.165) is 24.2 Å². The number of benzene rings is 2. The summed E-state index contributed by atoms with van der Waals surface area (Å²) in [6.45, 7) is 3.32. The summed E-state index contributed by atoms with van der Waals surface area (Å²) in [6.07, 6.45) is 2.14.